The molecule has 15 heavy (non-hydrogen) atoms. The summed E-state index contributed by atoms with van der Waals surface area (Å²) in [4.78, 5) is 17.4. The molecule has 0 bridgehead atoms. The van der Waals surface area contributed by atoms with Crippen molar-refractivity contribution in [3.8, 4) is 0 Å². The van der Waals surface area contributed by atoms with Crippen molar-refractivity contribution in [3.63, 3.8) is 0 Å². The molecule has 0 aliphatic carbocycles. The predicted molar refractivity (Wildman–Crippen MR) is 58.3 cm³/mol. The molecule has 3 rings (SSSR count). The molecule has 1 aromatic rings. The lowest BCUT2D eigenvalue weighted by Gasteiger charge is -2.29. The van der Waals surface area contributed by atoms with Crippen LogP contribution >= 0.6 is 0 Å². The second-order valence-electron chi connectivity index (χ2n) is 3.68. The lowest BCUT2D eigenvalue weighted by atomic mass is 10.0. The molecule has 3 nitrogen and oxygen atoms in total. The Bertz CT molecular complexity index is 488. The zero-order chi connectivity index (χ0) is 10.3. The number of benzene rings is 1. The maximum absolute atomic E-state index is 11.3. The molecule has 0 saturated carbocycles. The Labute approximate surface area is 87.7 Å². The van der Waals surface area contributed by atoms with E-state index in [9.17, 15) is 4.79 Å². The van der Waals surface area contributed by atoms with Crippen LogP contribution in [0.3, 0.4) is 0 Å². The molecule has 2 aliphatic rings. The van der Waals surface area contributed by atoms with Crippen molar-refractivity contribution in [1.82, 2.24) is 4.90 Å². The minimum absolute atomic E-state index is 0.0219. The topological polar surface area (TPSA) is 32.7 Å². The van der Waals surface area contributed by atoms with Gasteiger partial charge in [0.25, 0.3) is 0 Å². The van der Waals surface area contributed by atoms with Gasteiger partial charge in [0.2, 0.25) is 5.91 Å². The second-order valence-corrected chi connectivity index (χ2v) is 3.68. The van der Waals surface area contributed by atoms with Gasteiger partial charge in [-0.05, 0) is 11.6 Å². The van der Waals surface area contributed by atoms with Crippen molar-refractivity contribution in [2.24, 2.45) is 4.99 Å². The summed E-state index contributed by atoms with van der Waals surface area (Å²) in [6.45, 7) is 0.739. The molecule has 0 N–H and O–H groups in total. The van der Waals surface area contributed by atoms with E-state index >= 15 is 0 Å². The Morgan fingerprint density at radius 2 is 2.13 bits per heavy atom. The predicted octanol–water partition coefficient (Wildman–Crippen LogP) is 1.65. The number of aliphatic imine (C=N–C) groups is 1. The highest BCUT2D eigenvalue weighted by atomic mass is 16.1. The van der Waals surface area contributed by atoms with Crippen molar-refractivity contribution < 1.29 is 4.79 Å². The summed E-state index contributed by atoms with van der Waals surface area (Å²) >= 11 is 0. The standard InChI is InChI=1S/C12H10N2O/c15-11-6-8-14-7-5-9-3-1-2-4-10(9)12(14)13-11/h1-5,7H,6,8H2. The highest BCUT2D eigenvalue weighted by Gasteiger charge is 2.23. The molecule has 0 unspecified atom stereocenters. The van der Waals surface area contributed by atoms with E-state index in [0.717, 1.165) is 23.5 Å². The average Bonchev–Trinajstić information content (AvgIpc) is 2.29. The summed E-state index contributed by atoms with van der Waals surface area (Å²) in [5, 5.41) is 0. The Balaban J connectivity index is 2.19. The van der Waals surface area contributed by atoms with Crippen molar-refractivity contribution in [2.45, 2.75) is 6.42 Å². The van der Waals surface area contributed by atoms with Gasteiger partial charge < -0.3 is 4.90 Å². The quantitative estimate of drug-likeness (QED) is 0.635. The number of fused-ring (bicyclic) bond motifs is 3. The van der Waals surface area contributed by atoms with Gasteiger partial charge in [0.1, 0.15) is 5.84 Å². The Kier molecular flexibility index (Phi) is 1.71. The van der Waals surface area contributed by atoms with E-state index < -0.39 is 0 Å². The summed E-state index contributed by atoms with van der Waals surface area (Å²) in [5.74, 6) is 0.774. The van der Waals surface area contributed by atoms with E-state index in [0.29, 0.717) is 6.42 Å². The molecule has 2 heterocycles. The van der Waals surface area contributed by atoms with Gasteiger partial charge in [-0.25, -0.2) is 0 Å². The molecule has 0 saturated heterocycles. The number of nitrogens with zero attached hydrogens (tertiary/aromatic N) is 2. The number of amides is 1. The first-order valence-electron chi connectivity index (χ1n) is 5.00. The molecule has 0 fully saturated rings. The Hall–Kier alpha value is -1.90. The number of hydrogen-bond donors (Lipinski definition) is 0. The molecule has 74 valence electrons. The minimum Gasteiger partial charge on any atom is -0.332 e. The van der Waals surface area contributed by atoms with Crippen LogP contribution in [-0.2, 0) is 4.79 Å². The number of rotatable bonds is 0. The molecular weight excluding hydrogens is 188 g/mol. The summed E-state index contributed by atoms with van der Waals surface area (Å²) < 4.78 is 0. The van der Waals surface area contributed by atoms with Gasteiger partial charge in [0, 0.05) is 24.7 Å². The van der Waals surface area contributed by atoms with Crippen LogP contribution in [0.1, 0.15) is 17.5 Å². The highest BCUT2D eigenvalue weighted by Crippen LogP contribution is 2.22. The van der Waals surface area contributed by atoms with E-state index in [1.54, 1.807) is 0 Å². The van der Waals surface area contributed by atoms with Crippen molar-refractivity contribution >= 4 is 17.8 Å². The van der Waals surface area contributed by atoms with Crippen molar-refractivity contribution in [1.29, 1.82) is 0 Å². The summed E-state index contributed by atoms with van der Waals surface area (Å²) in [7, 11) is 0. The normalized spacial score (nSPS) is 18.3. The van der Waals surface area contributed by atoms with Gasteiger partial charge in [0.15, 0.2) is 0 Å². The van der Waals surface area contributed by atoms with Gasteiger partial charge in [-0.1, -0.05) is 24.3 Å². The fraction of sp³-hybridized carbons (Fsp3) is 0.167. The van der Waals surface area contributed by atoms with Crippen molar-refractivity contribution in [2.75, 3.05) is 6.54 Å². The zero-order valence-electron chi connectivity index (χ0n) is 8.18. The zero-order valence-corrected chi connectivity index (χ0v) is 8.18. The van der Waals surface area contributed by atoms with Crippen LogP contribution in [0.25, 0.3) is 6.08 Å². The van der Waals surface area contributed by atoms with E-state index in [4.69, 9.17) is 0 Å². The van der Waals surface area contributed by atoms with Crippen LogP contribution in [0, 0.1) is 0 Å². The third-order valence-corrected chi connectivity index (χ3v) is 2.70. The molecular formula is C12H10N2O. The number of amidine groups is 1. The Morgan fingerprint density at radius 1 is 1.27 bits per heavy atom. The van der Waals surface area contributed by atoms with Crippen LogP contribution < -0.4 is 0 Å². The highest BCUT2D eigenvalue weighted by molar-refractivity contribution is 6.10. The molecule has 2 aliphatic heterocycles. The molecule has 0 atom stereocenters. The largest absolute Gasteiger partial charge is 0.332 e. The van der Waals surface area contributed by atoms with Gasteiger partial charge >= 0.3 is 0 Å². The minimum atomic E-state index is -0.0219. The van der Waals surface area contributed by atoms with Crippen LogP contribution in [0.4, 0.5) is 0 Å². The van der Waals surface area contributed by atoms with Crippen molar-refractivity contribution in [3.05, 3.63) is 41.6 Å². The number of hydrogen-bond acceptors (Lipinski definition) is 2. The summed E-state index contributed by atoms with van der Waals surface area (Å²) in [6, 6.07) is 8.00. The third kappa shape index (κ3) is 1.28. The first-order chi connectivity index (χ1) is 7.34. The molecule has 0 aromatic heterocycles. The first-order valence-corrected chi connectivity index (χ1v) is 5.00. The van der Waals surface area contributed by atoms with E-state index in [1.165, 1.54) is 0 Å². The van der Waals surface area contributed by atoms with Gasteiger partial charge in [-0.15, -0.1) is 0 Å². The summed E-state index contributed by atoms with van der Waals surface area (Å²) in [5.41, 5.74) is 2.18. The van der Waals surface area contributed by atoms with Gasteiger partial charge in [0.05, 0.1) is 0 Å². The van der Waals surface area contributed by atoms with E-state index in [-0.39, 0.29) is 5.91 Å². The first kappa shape index (κ1) is 8.41. The lowest BCUT2D eigenvalue weighted by Crippen LogP contribution is -2.35. The average molecular weight is 198 g/mol. The fourth-order valence-corrected chi connectivity index (χ4v) is 1.94. The van der Waals surface area contributed by atoms with Crippen LogP contribution in [-0.4, -0.2) is 23.2 Å². The smallest absolute Gasteiger partial charge is 0.249 e. The van der Waals surface area contributed by atoms with E-state index in [1.807, 2.05) is 35.4 Å². The van der Waals surface area contributed by atoms with Gasteiger partial charge in [-0.2, -0.15) is 4.99 Å². The third-order valence-electron chi connectivity index (χ3n) is 2.70. The molecule has 0 radical (unpaired) electrons. The second kappa shape index (κ2) is 3.05. The van der Waals surface area contributed by atoms with Crippen LogP contribution in [0.2, 0.25) is 0 Å². The maximum Gasteiger partial charge on any atom is 0.249 e. The molecule has 1 aromatic carbocycles. The van der Waals surface area contributed by atoms with Crippen LogP contribution in [0.5, 0.6) is 0 Å². The number of carbonyl (C=O) groups excluding carboxylic acids is 1. The lowest BCUT2D eigenvalue weighted by molar-refractivity contribution is -0.118. The van der Waals surface area contributed by atoms with Gasteiger partial charge in [-0.3, -0.25) is 4.79 Å². The molecule has 0 spiro atoms. The van der Waals surface area contributed by atoms with E-state index in [2.05, 4.69) is 11.1 Å². The maximum atomic E-state index is 11.3. The number of carbonyl (C=O) groups is 1. The monoisotopic (exact) mass is 198 g/mol. The van der Waals surface area contributed by atoms with Crippen LogP contribution in [0.15, 0.2) is 35.5 Å². The molecule has 3 heteroatoms. The Morgan fingerprint density at radius 3 is 3.07 bits per heavy atom. The summed E-state index contributed by atoms with van der Waals surface area (Å²) in [6.07, 6.45) is 4.56. The molecule has 1 amide bonds. The fourth-order valence-electron chi connectivity index (χ4n) is 1.94. The SMILES string of the molecule is O=C1CCN2C=Cc3ccccc3C2=N1.